The van der Waals surface area contributed by atoms with Crippen molar-refractivity contribution in [1.82, 2.24) is 15.6 Å². The van der Waals surface area contributed by atoms with Crippen molar-refractivity contribution in [2.45, 2.75) is 18.9 Å². The van der Waals surface area contributed by atoms with Crippen LogP contribution in [0.15, 0.2) is 23.6 Å². The van der Waals surface area contributed by atoms with Gasteiger partial charge in [-0.1, -0.05) is 6.07 Å². The fourth-order valence-electron chi connectivity index (χ4n) is 2.43. The second kappa shape index (κ2) is 7.81. The number of aromatic nitrogens is 1. The fraction of sp³-hybridized carbons (Fsp3) is 0.333. The summed E-state index contributed by atoms with van der Waals surface area (Å²) in [6, 6.07) is 3.71. The van der Waals surface area contributed by atoms with Crippen LogP contribution in [0.2, 0.25) is 0 Å². The van der Waals surface area contributed by atoms with Crippen LogP contribution in [0.25, 0.3) is 10.6 Å². The maximum absolute atomic E-state index is 13.7. The van der Waals surface area contributed by atoms with Gasteiger partial charge in [0.25, 0.3) is 5.91 Å². The Morgan fingerprint density at radius 2 is 2.09 bits per heavy atom. The molecule has 1 saturated heterocycles. The zero-order valence-corrected chi connectivity index (χ0v) is 13.8. The topological polar surface area (TPSA) is 54.0 Å². The second-order valence-electron chi connectivity index (χ2n) is 5.15. The molecule has 2 aromatic rings. The van der Waals surface area contributed by atoms with Gasteiger partial charge >= 0.3 is 0 Å². The molecular formula is C15H16ClF2N3OS. The Morgan fingerprint density at radius 3 is 2.74 bits per heavy atom. The largest absolute Gasteiger partial charge is 0.347 e. The number of rotatable bonds is 3. The number of carbonyl (C=O) groups excluding carboxylic acids is 1. The van der Waals surface area contributed by atoms with E-state index < -0.39 is 11.6 Å². The summed E-state index contributed by atoms with van der Waals surface area (Å²) in [6.45, 7) is 1.68. The molecule has 1 fully saturated rings. The lowest BCUT2D eigenvalue weighted by Gasteiger charge is -2.23. The fourth-order valence-corrected chi connectivity index (χ4v) is 3.28. The number of carbonyl (C=O) groups is 1. The highest BCUT2D eigenvalue weighted by Gasteiger charge is 2.20. The molecule has 1 aromatic heterocycles. The van der Waals surface area contributed by atoms with E-state index >= 15 is 0 Å². The third-order valence-electron chi connectivity index (χ3n) is 3.55. The quantitative estimate of drug-likeness (QED) is 0.885. The van der Waals surface area contributed by atoms with E-state index in [1.165, 1.54) is 23.6 Å². The summed E-state index contributed by atoms with van der Waals surface area (Å²) in [7, 11) is 0. The van der Waals surface area contributed by atoms with Crippen LogP contribution >= 0.6 is 23.7 Å². The third kappa shape index (κ3) is 4.04. The van der Waals surface area contributed by atoms with Gasteiger partial charge in [-0.3, -0.25) is 4.79 Å². The minimum absolute atomic E-state index is 0. The minimum Gasteiger partial charge on any atom is -0.347 e. The Bertz CT molecular complexity index is 669. The van der Waals surface area contributed by atoms with Gasteiger partial charge < -0.3 is 10.6 Å². The van der Waals surface area contributed by atoms with E-state index in [2.05, 4.69) is 15.6 Å². The number of amides is 1. The molecule has 1 unspecified atom stereocenters. The summed E-state index contributed by atoms with van der Waals surface area (Å²) in [4.78, 5) is 16.2. The van der Waals surface area contributed by atoms with Crippen LogP contribution in [0.3, 0.4) is 0 Å². The SMILES string of the molecule is Cl.O=C(NC1CCCNC1)c1csc(-c2c(F)cccc2F)n1. The molecule has 1 aliphatic heterocycles. The lowest BCUT2D eigenvalue weighted by atomic mass is 10.1. The van der Waals surface area contributed by atoms with Gasteiger partial charge in [-0.25, -0.2) is 13.8 Å². The lowest BCUT2D eigenvalue weighted by molar-refractivity contribution is 0.0926. The van der Waals surface area contributed by atoms with Crippen LogP contribution in [-0.4, -0.2) is 30.0 Å². The first-order chi connectivity index (χ1) is 10.6. The van der Waals surface area contributed by atoms with Crippen LogP contribution < -0.4 is 10.6 Å². The normalized spacial score (nSPS) is 17.4. The van der Waals surface area contributed by atoms with Gasteiger partial charge in [0, 0.05) is 18.0 Å². The summed E-state index contributed by atoms with van der Waals surface area (Å²) in [5.41, 5.74) is -0.000824. The van der Waals surface area contributed by atoms with Crippen molar-refractivity contribution in [3.8, 4) is 10.6 Å². The Morgan fingerprint density at radius 1 is 1.35 bits per heavy atom. The average Bonchev–Trinajstić information content (AvgIpc) is 2.98. The Labute approximate surface area is 142 Å². The van der Waals surface area contributed by atoms with Crippen molar-refractivity contribution in [3.05, 3.63) is 40.9 Å². The molecule has 23 heavy (non-hydrogen) atoms. The van der Waals surface area contributed by atoms with E-state index in [1.807, 2.05) is 0 Å². The first kappa shape index (κ1) is 17.8. The first-order valence-electron chi connectivity index (χ1n) is 7.06. The van der Waals surface area contributed by atoms with Crippen molar-refractivity contribution < 1.29 is 13.6 Å². The number of halogens is 3. The maximum Gasteiger partial charge on any atom is 0.271 e. The molecule has 0 bridgehead atoms. The van der Waals surface area contributed by atoms with E-state index in [-0.39, 0.29) is 40.6 Å². The molecule has 0 spiro atoms. The van der Waals surface area contributed by atoms with E-state index in [0.717, 1.165) is 37.3 Å². The molecule has 0 aliphatic carbocycles. The van der Waals surface area contributed by atoms with Gasteiger partial charge in [0.15, 0.2) is 0 Å². The number of piperidine rings is 1. The summed E-state index contributed by atoms with van der Waals surface area (Å²) < 4.78 is 27.5. The molecule has 8 heteroatoms. The molecule has 2 heterocycles. The summed E-state index contributed by atoms with van der Waals surface area (Å²) >= 11 is 1.05. The molecule has 1 aliphatic rings. The highest BCUT2D eigenvalue weighted by Crippen LogP contribution is 2.28. The van der Waals surface area contributed by atoms with Crippen LogP contribution in [0.1, 0.15) is 23.3 Å². The van der Waals surface area contributed by atoms with E-state index in [4.69, 9.17) is 0 Å². The predicted molar refractivity (Wildman–Crippen MR) is 88.1 cm³/mol. The Kier molecular flexibility index (Phi) is 6.04. The van der Waals surface area contributed by atoms with Crippen molar-refractivity contribution in [2.24, 2.45) is 0 Å². The highest BCUT2D eigenvalue weighted by molar-refractivity contribution is 7.13. The van der Waals surface area contributed by atoms with E-state index in [9.17, 15) is 13.6 Å². The van der Waals surface area contributed by atoms with Crippen molar-refractivity contribution >= 4 is 29.7 Å². The molecular weight excluding hydrogens is 344 g/mol. The van der Waals surface area contributed by atoms with Gasteiger partial charge in [0.2, 0.25) is 0 Å². The monoisotopic (exact) mass is 359 g/mol. The second-order valence-corrected chi connectivity index (χ2v) is 6.01. The van der Waals surface area contributed by atoms with Crippen molar-refractivity contribution in [1.29, 1.82) is 0 Å². The van der Waals surface area contributed by atoms with Gasteiger partial charge in [-0.05, 0) is 31.5 Å². The number of hydrogen-bond donors (Lipinski definition) is 2. The predicted octanol–water partition coefficient (Wildman–Crippen LogP) is 2.99. The number of nitrogens with zero attached hydrogens (tertiary/aromatic N) is 1. The smallest absolute Gasteiger partial charge is 0.271 e. The maximum atomic E-state index is 13.7. The van der Waals surface area contributed by atoms with E-state index in [0.29, 0.717) is 0 Å². The van der Waals surface area contributed by atoms with Gasteiger partial charge in [0.05, 0.1) is 5.56 Å². The Balaban J connectivity index is 0.00000192. The standard InChI is InChI=1S/C15H15F2N3OS.ClH/c16-10-4-1-5-11(17)13(10)15-20-12(8-22-15)14(21)19-9-3-2-6-18-7-9;/h1,4-5,8-9,18H,2-3,6-7H2,(H,19,21);1H. The lowest BCUT2D eigenvalue weighted by Crippen LogP contribution is -2.45. The van der Waals surface area contributed by atoms with Crippen molar-refractivity contribution in [2.75, 3.05) is 13.1 Å². The third-order valence-corrected chi connectivity index (χ3v) is 4.41. The minimum atomic E-state index is -0.683. The summed E-state index contributed by atoms with van der Waals surface area (Å²) in [5.74, 6) is -1.68. The van der Waals surface area contributed by atoms with Crippen molar-refractivity contribution in [3.63, 3.8) is 0 Å². The van der Waals surface area contributed by atoms with Gasteiger partial charge in [-0.15, -0.1) is 23.7 Å². The highest BCUT2D eigenvalue weighted by atomic mass is 35.5. The van der Waals surface area contributed by atoms with Crippen LogP contribution in [0.4, 0.5) is 8.78 Å². The number of nitrogens with one attached hydrogen (secondary N) is 2. The molecule has 4 nitrogen and oxygen atoms in total. The summed E-state index contributed by atoms with van der Waals surface area (Å²) in [5, 5.41) is 7.78. The molecule has 1 amide bonds. The molecule has 124 valence electrons. The first-order valence-corrected chi connectivity index (χ1v) is 7.94. The molecule has 2 N–H and O–H groups in total. The summed E-state index contributed by atoms with van der Waals surface area (Å²) in [6.07, 6.45) is 1.92. The number of hydrogen-bond acceptors (Lipinski definition) is 4. The molecule has 3 rings (SSSR count). The molecule has 0 saturated carbocycles. The molecule has 1 aromatic carbocycles. The van der Waals surface area contributed by atoms with Crippen LogP contribution in [-0.2, 0) is 0 Å². The number of benzene rings is 1. The average molecular weight is 360 g/mol. The Hall–Kier alpha value is -1.57. The van der Waals surface area contributed by atoms with Gasteiger partial charge in [-0.2, -0.15) is 0 Å². The van der Waals surface area contributed by atoms with Crippen LogP contribution in [0, 0.1) is 11.6 Å². The zero-order chi connectivity index (χ0) is 15.5. The molecule has 0 radical (unpaired) electrons. The van der Waals surface area contributed by atoms with Crippen LogP contribution in [0.5, 0.6) is 0 Å². The molecule has 1 atom stereocenters. The zero-order valence-electron chi connectivity index (χ0n) is 12.1. The number of thiazole rings is 1. The van der Waals surface area contributed by atoms with Gasteiger partial charge in [0.1, 0.15) is 22.3 Å². The van der Waals surface area contributed by atoms with E-state index in [1.54, 1.807) is 0 Å².